The summed E-state index contributed by atoms with van der Waals surface area (Å²) in [5.74, 6) is 1.66. The van der Waals surface area contributed by atoms with Crippen LogP contribution in [0.3, 0.4) is 0 Å². The Bertz CT molecular complexity index is 326. The lowest BCUT2D eigenvalue weighted by Gasteiger charge is -2.14. The van der Waals surface area contributed by atoms with Gasteiger partial charge in [0.2, 0.25) is 0 Å². The smallest absolute Gasteiger partial charge is 0.0392 e. The van der Waals surface area contributed by atoms with Gasteiger partial charge in [0.15, 0.2) is 0 Å². The summed E-state index contributed by atoms with van der Waals surface area (Å²) in [5.41, 5.74) is 1.33. The molecule has 1 aromatic carbocycles. The molecule has 1 heterocycles. The molecule has 1 N–H and O–H groups in total. The monoisotopic (exact) mass is 223 g/mol. The van der Waals surface area contributed by atoms with Crippen LogP contribution in [0.2, 0.25) is 0 Å². The number of hydrogen-bond acceptors (Lipinski definition) is 2. The first-order chi connectivity index (χ1) is 7.34. The summed E-state index contributed by atoms with van der Waals surface area (Å²) in [4.78, 5) is 0. The zero-order chi connectivity index (χ0) is 10.5. The second-order valence-corrected chi connectivity index (χ2v) is 5.63. The molecule has 0 amide bonds. The van der Waals surface area contributed by atoms with Crippen LogP contribution in [0.5, 0.6) is 0 Å². The maximum Gasteiger partial charge on any atom is 0.0392 e. The van der Waals surface area contributed by atoms with Crippen LogP contribution in [0.4, 0.5) is 0 Å². The van der Waals surface area contributed by atoms with E-state index in [9.17, 15) is 4.21 Å². The fourth-order valence-corrected chi connectivity index (χ4v) is 3.25. The van der Waals surface area contributed by atoms with Crippen molar-refractivity contribution in [2.24, 2.45) is 0 Å². The Morgan fingerprint density at radius 1 is 1.33 bits per heavy atom. The minimum Gasteiger partial charge on any atom is -0.313 e. The Morgan fingerprint density at radius 2 is 2.13 bits per heavy atom. The Morgan fingerprint density at radius 3 is 2.93 bits per heavy atom. The van der Waals surface area contributed by atoms with Crippen LogP contribution in [0.1, 0.15) is 12.0 Å². The third-order valence-electron chi connectivity index (χ3n) is 2.69. The number of rotatable bonds is 2. The number of hydrogen-bond donors (Lipinski definition) is 1. The van der Waals surface area contributed by atoms with E-state index in [1.54, 1.807) is 0 Å². The lowest BCUT2D eigenvalue weighted by atomic mass is 10.1. The van der Waals surface area contributed by atoms with E-state index in [1.807, 2.05) is 6.07 Å². The summed E-state index contributed by atoms with van der Waals surface area (Å²) in [7, 11) is -0.624. The highest BCUT2D eigenvalue weighted by atomic mass is 32.2. The molecule has 0 aromatic heterocycles. The molecule has 2 atom stereocenters. The van der Waals surface area contributed by atoms with Crippen molar-refractivity contribution in [2.75, 3.05) is 18.1 Å². The highest BCUT2D eigenvalue weighted by Crippen LogP contribution is 2.07. The van der Waals surface area contributed by atoms with Crippen LogP contribution < -0.4 is 5.32 Å². The fraction of sp³-hybridized carbons (Fsp3) is 0.500. The van der Waals surface area contributed by atoms with Crippen LogP contribution in [-0.2, 0) is 17.2 Å². The first-order valence-electron chi connectivity index (χ1n) is 5.47. The average molecular weight is 223 g/mol. The molecule has 2 unspecified atom stereocenters. The normalized spacial score (nSPS) is 27.2. The van der Waals surface area contributed by atoms with E-state index in [2.05, 4.69) is 29.6 Å². The SMILES string of the molecule is O=S1CCCNC(Cc2ccccc2)C1. The Kier molecular flexibility index (Phi) is 3.92. The van der Waals surface area contributed by atoms with E-state index in [4.69, 9.17) is 0 Å². The summed E-state index contributed by atoms with van der Waals surface area (Å²) < 4.78 is 11.6. The summed E-state index contributed by atoms with van der Waals surface area (Å²) in [6.07, 6.45) is 2.03. The lowest BCUT2D eigenvalue weighted by molar-refractivity contribution is 0.558. The van der Waals surface area contributed by atoms with E-state index in [0.717, 1.165) is 30.9 Å². The van der Waals surface area contributed by atoms with E-state index in [0.29, 0.717) is 6.04 Å². The molecule has 1 fully saturated rings. The molecule has 0 spiro atoms. The Labute approximate surface area is 93.5 Å². The van der Waals surface area contributed by atoms with Gasteiger partial charge in [0.1, 0.15) is 0 Å². The van der Waals surface area contributed by atoms with Gasteiger partial charge in [-0.3, -0.25) is 4.21 Å². The van der Waals surface area contributed by atoms with E-state index in [-0.39, 0.29) is 0 Å². The van der Waals surface area contributed by atoms with Crippen LogP contribution in [0.15, 0.2) is 30.3 Å². The molecular formula is C12H17NOS. The minimum absolute atomic E-state index is 0.385. The topological polar surface area (TPSA) is 29.1 Å². The van der Waals surface area contributed by atoms with Gasteiger partial charge in [0.25, 0.3) is 0 Å². The van der Waals surface area contributed by atoms with Gasteiger partial charge >= 0.3 is 0 Å². The molecule has 3 heteroatoms. The quantitative estimate of drug-likeness (QED) is 0.820. The van der Waals surface area contributed by atoms with E-state index >= 15 is 0 Å². The molecule has 82 valence electrons. The van der Waals surface area contributed by atoms with Crippen LogP contribution in [0, 0.1) is 0 Å². The van der Waals surface area contributed by atoms with Gasteiger partial charge in [0, 0.05) is 28.3 Å². The summed E-state index contributed by atoms with van der Waals surface area (Å²) in [6, 6.07) is 10.8. The van der Waals surface area contributed by atoms with Gasteiger partial charge in [-0.15, -0.1) is 0 Å². The largest absolute Gasteiger partial charge is 0.313 e. The zero-order valence-corrected chi connectivity index (χ0v) is 9.63. The van der Waals surface area contributed by atoms with Gasteiger partial charge in [-0.05, 0) is 24.9 Å². The molecule has 2 rings (SSSR count). The van der Waals surface area contributed by atoms with Crippen molar-refractivity contribution in [1.82, 2.24) is 5.32 Å². The van der Waals surface area contributed by atoms with Crippen molar-refractivity contribution < 1.29 is 4.21 Å². The Balaban J connectivity index is 1.96. The standard InChI is InChI=1S/C12H17NOS/c14-15-8-4-7-13-12(10-15)9-11-5-2-1-3-6-11/h1-3,5-6,12-13H,4,7-10H2. The highest BCUT2D eigenvalue weighted by molar-refractivity contribution is 7.85. The van der Waals surface area contributed by atoms with E-state index < -0.39 is 10.8 Å². The van der Waals surface area contributed by atoms with Crippen molar-refractivity contribution >= 4 is 10.8 Å². The number of benzene rings is 1. The molecule has 1 aromatic rings. The first-order valence-corrected chi connectivity index (χ1v) is 6.96. The average Bonchev–Trinajstić information content (AvgIpc) is 2.44. The summed E-state index contributed by atoms with van der Waals surface area (Å²) in [6.45, 7) is 1.00. The molecule has 0 radical (unpaired) electrons. The van der Waals surface area contributed by atoms with Crippen LogP contribution >= 0.6 is 0 Å². The number of nitrogens with one attached hydrogen (secondary N) is 1. The molecule has 15 heavy (non-hydrogen) atoms. The second kappa shape index (κ2) is 5.42. The predicted molar refractivity (Wildman–Crippen MR) is 64.4 cm³/mol. The lowest BCUT2D eigenvalue weighted by Crippen LogP contribution is -2.34. The molecule has 1 aliphatic heterocycles. The fourth-order valence-electron chi connectivity index (χ4n) is 1.94. The minimum atomic E-state index is -0.624. The van der Waals surface area contributed by atoms with Gasteiger partial charge in [0.05, 0.1) is 0 Å². The molecule has 2 nitrogen and oxygen atoms in total. The molecule has 0 aliphatic carbocycles. The van der Waals surface area contributed by atoms with Crippen molar-refractivity contribution in [3.05, 3.63) is 35.9 Å². The van der Waals surface area contributed by atoms with Gasteiger partial charge < -0.3 is 5.32 Å². The molecule has 1 saturated heterocycles. The first kappa shape index (κ1) is 10.8. The van der Waals surface area contributed by atoms with Gasteiger partial charge in [-0.1, -0.05) is 30.3 Å². The van der Waals surface area contributed by atoms with Crippen molar-refractivity contribution in [2.45, 2.75) is 18.9 Å². The van der Waals surface area contributed by atoms with Gasteiger partial charge in [-0.2, -0.15) is 0 Å². The zero-order valence-electron chi connectivity index (χ0n) is 8.82. The second-order valence-electron chi connectivity index (χ2n) is 4.00. The maximum absolute atomic E-state index is 11.6. The van der Waals surface area contributed by atoms with Crippen molar-refractivity contribution in [3.63, 3.8) is 0 Å². The molecular weight excluding hydrogens is 206 g/mol. The van der Waals surface area contributed by atoms with Crippen molar-refractivity contribution in [1.29, 1.82) is 0 Å². The predicted octanol–water partition coefficient (Wildman–Crippen LogP) is 1.34. The third kappa shape index (κ3) is 3.43. The Hall–Kier alpha value is -0.670. The molecule has 0 saturated carbocycles. The maximum atomic E-state index is 11.6. The molecule has 1 aliphatic rings. The van der Waals surface area contributed by atoms with E-state index in [1.165, 1.54) is 5.56 Å². The molecule has 0 bridgehead atoms. The van der Waals surface area contributed by atoms with Crippen LogP contribution in [-0.4, -0.2) is 28.3 Å². The van der Waals surface area contributed by atoms with Gasteiger partial charge in [-0.25, -0.2) is 0 Å². The summed E-state index contributed by atoms with van der Waals surface area (Å²) >= 11 is 0. The van der Waals surface area contributed by atoms with Crippen molar-refractivity contribution in [3.8, 4) is 0 Å². The third-order valence-corrected chi connectivity index (χ3v) is 4.21. The summed E-state index contributed by atoms with van der Waals surface area (Å²) in [5, 5.41) is 3.47. The van der Waals surface area contributed by atoms with Crippen LogP contribution in [0.25, 0.3) is 0 Å². The highest BCUT2D eigenvalue weighted by Gasteiger charge is 2.16.